The second-order valence-electron chi connectivity index (χ2n) is 5.47. The number of aromatic nitrogens is 4. The fourth-order valence-electron chi connectivity index (χ4n) is 2.59. The lowest BCUT2D eigenvalue weighted by Crippen LogP contribution is -2.38. The van der Waals surface area contributed by atoms with E-state index in [1.165, 1.54) is 12.0 Å². The SMILES string of the molecule is Cc1ccc(-c2nnnn2CC(=O)N2CCCCC2)cc1. The van der Waals surface area contributed by atoms with Gasteiger partial charge in [0.15, 0.2) is 5.82 Å². The molecule has 3 rings (SSSR count). The highest BCUT2D eigenvalue weighted by Gasteiger charge is 2.19. The van der Waals surface area contributed by atoms with Gasteiger partial charge in [0.1, 0.15) is 6.54 Å². The van der Waals surface area contributed by atoms with Gasteiger partial charge in [-0.3, -0.25) is 4.79 Å². The fourth-order valence-corrected chi connectivity index (χ4v) is 2.59. The number of carbonyl (C=O) groups is 1. The second-order valence-corrected chi connectivity index (χ2v) is 5.47. The minimum atomic E-state index is 0.0929. The molecule has 1 aromatic heterocycles. The first-order valence-electron chi connectivity index (χ1n) is 7.35. The van der Waals surface area contributed by atoms with E-state index in [9.17, 15) is 4.79 Å². The molecule has 0 unspecified atom stereocenters. The maximum Gasteiger partial charge on any atom is 0.244 e. The zero-order chi connectivity index (χ0) is 14.7. The highest BCUT2D eigenvalue weighted by molar-refractivity contribution is 5.76. The number of hydrogen-bond acceptors (Lipinski definition) is 4. The average molecular weight is 285 g/mol. The zero-order valence-corrected chi connectivity index (χ0v) is 12.2. The Balaban J connectivity index is 1.76. The van der Waals surface area contributed by atoms with E-state index in [4.69, 9.17) is 0 Å². The van der Waals surface area contributed by atoms with Gasteiger partial charge in [0, 0.05) is 18.7 Å². The predicted molar refractivity (Wildman–Crippen MR) is 78.4 cm³/mol. The monoisotopic (exact) mass is 285 g/mol. The van der Waals surface area contributed by atoms with Crippen molar-refractivity contribution >= 4 is 5.91 Å². The van der Waals surface area contributed by atoms with Crippen molar-refractivity contribution in [2.45, 2.75) is 32.7 Å². The molecule has 0 N–H and O–H groups in total. The molecule has 0 saturated carbocycles. The average Bonchev–Trinajstić information content (AvgIpc) is 2.97. The molecular weight excluding hydrogens is 266 g/mol. The fraction of sp³-hybridized carbons (Fsp3) is 0.467. The van der Waals surface area contributed by atoms with Gasteiger partial charge in [-0.1, -0.05) is 29.8 Å². The summed E-state index contributed by atoms with van der Waals surface area (Å²) in [6.07, 6.45) is 3.39. The van der Waals surface area contributed by atoms with E-state index in [0.29, 0.717) is 5.82 Å². The molecule has 1 aromatic carbocycles. The minimum Gasteiger partial charge on any atom is -0.341 e. The van der Waals surface area contributed by atoms with Crippen LogP contribution in [0, 0.1) is 6.92 Å². The molecule has 1 fully saturated rings. The number of tetrazole rings is 1. The van der Waals surface area contributed by atoms with Crippen LogP contribution in [-0.2, 0) is 11.3 Å². The molecular formula is C15H19N5O. The first kappa shape index (κ1) is 13.7. The van der Waals surface area contributed by atoms with E-state index in [-0.39, 0.29) is 12.5 Å². The lowest BCUT2D eigenvalue weighted by molar-refractivity contribution is -0.132. The van der Waals surface area contributed by atoms with E-state index < -0.39 is 0 Å². The smallest absolute Gasteiger partial charge is 0.244 e. The summed E-state index contributed by atoms with van der Waals surface area (Å²) in [6.45, 7) is 3.94. The molecule has 6 nitrogen and oxygen atoms in total. The van der Waals surface area contributed by atoms with Crippen LogP contribution in [0.1, 0.15) is 24.8 Å². The summed E-state index contributed by atoms with van der Waals surface area (Å²) < 4.78 is 1.58. The standard InChI is InChI=1S/C15H19N5O/c1-12-5-7-13(8-6-12)15-16-17-18-20(15)11-14(21)19-9-3-2-4-10-19/h5-8H,2-4,9-11H2,1H3. The Hall–Kier alpha value is -2.24. The topological polar surface area (TPSA) is 63.9 Å². The van der Waals surface area contributed by atoms with E-state index in [1.54, 1.807) is 4.68 Å². The largest absolute Gasteiger partial charge is 0.341 e. The van der Waals surface area contributed by atoms with Crippen molar-refractivity contribution in [3.8, 4) is 11.4 Å². The van der Waals surface area contributed by atoms with Gasteiger partial charge in [-0.15, -0.1) is 5.10 Å². The van der Waals surface area contributed by atoms with Crippen molar-refractivity contribution in [3.63, 3.8) is 0 Å². The van der Waals surface area contributed by atoms with Crippen molar-refractivity contribution in [3.05, 3.63) is 29.8 Å². The Morgan fingerprint density at radius 1 is 1.14 bits per heavy atom. The molecule has 110 valence electrons. The summed E-state index contributed by atoms with van der Waals surface area (Å²) >= 11 is 0. The highest BCUT2D eigenvalue weighted by atomic mass is 16.2. The van der Waals surface area contributed by atoms with Gasteiger partial charge in [0.2, 0.25) is 5.91 Å². The van der Waals surface area contributed by atoms with Crippen LogP contribution in [-0.4, -0.2) is 44.1 Å². The lowest BCUT2D eigenvalue weighted by Gasteiger charge is -2.26. The molecule has 1 saturated heterocycles. The van der Waals surface area contributed by atoms with Crippen molar-refractivity contribution in [1.82, 2.24) is 25.1 Å². The Labute approximate surface area is 123 Å². The molecule has 0 spiro atoms. The molecule has 0 aliphatic carbocycles. The molecule has 2 heterocycles. The van der Waals surface area contributed by atoms with E-state index in [0.717, 1.165) is 31.5 Å². The van der Waals surface area contributed by atoms with Gasteiger partial charge >= 0.3 is 0 Å². The number of carbonyl (C=O) groups excluding carboxylic acids is 1. The first-order chi connectivity index (χ1) is 10.2. The van der Waals surface area contributed by atoms with Gasteiger partial charge < -0.3 is 4.90 Å². The normalized spacial score (nSPS) is 15.2. The minimum absolute atomic E-state index is 0.0929. The molecule has 0 radical (unpaired) electrons. The summed E-state index contributed by atoms with van der Waals surface area (Å²) in [5.41, 5.74) is 2.11. The quantitative estimate of drug-likeness (QED) is 0.860. The third-order valence-electron chi connectivity index (χ3n) is 3.84. The Morgan fingerprint density at radius 2 is 1.86 bits per heavy atom. The number of rotatable bonds is 3. The second kappa shape index (κ2) is 6.03. The highest BCUT2D eigenvalue weighted by Crippen LogP contribution is 2.17. The van der Waals surface area contributed by atoms with Gasteiger partial charge in [-0.2, -0.15) is 0 Å². The van der Waals surface area contributed by atoms with Crippen LogP contribution >= 0.6 is 0 Å². The van der Waals surface area contributed by atoms with E-state index >= 15 is 0 Å². The maximum absolute atomic E-state index is 12.3. The van der Waals surface area contributed by atoms with Crippen LogP contribution < -0.4 is 0 Å². The number of amides is 1. The van der Waals surface area contributed by atoms with Crippen LogP contribution in [0.15, 0.2) is 24.3 Å². The molecule has 1 aliphatic heterocycles. The number of likely N-dealkylation sites (tertiary alicyclic amines) is 1. The number of piperidine rings is 1. The summed E-state index contributed by atoms with van der Waals surface area (Å²) in [5, 5.41) is 11.7. The van der Waals surface area contributed by atoms with Crippen molar-refractivity contribution < 1.29 is 4.79 Å². The third-order valence-corrected chi connectivity index (χ3v) is 3.84. The van der Waals surface area contributed by atoms with Crippen LogP contribution in [0.25, 0.3) is 11.4 Å². The number of nitrogens with zero attached hydrogens (tertiary/aromatic N) is 5. The van der Waals surface area contributed by atoms with Crippen LogP contribution in [0.5, 0.6) is 0 Å². The maximum atomic E-state index is 12.3. The zero-order valence-electron chi connectivity index (χ0n) is 12.2. The number of benzene rings is 1. The summed E-state index contributed by atoms with van der Waals surface area (Å²) in [4.78, 5) is 14.2. The molecule has 0 bridgehead atoms. The summed E-state index contributed by atoms with van der Waals surface area (Å²) in [7, 11) is 0. The Kier molecular flexibility index (Phi) is 3.94. The van der Waals surface area contributed by atoms with Crippen molar-refractivity contribution in [2.75, 3.05) is 13.1 Å². The van der Waals surface area contributed by atoms with Gasteiger partial charge in [-0.25, -0.2) is 4.68 Å². The number of hydrogen-bond donors (Lipinski definition) is 0. The Morgan fingerprint density at radius 3 is 2.57 bits per heavy atom. The van der Waals surface area contributed by atoms with Crippen LogP contribution in [0.3, 0.4) is 0 Å². The van der Waals surface area contributed by atoms with Crippen molar-refractivity contribution in [2.24, 2.45) is 0 Å². The molecule has 21 heavy (non-hydrogen) atoms. The molecule has 1 amide bonds. The Bertz CT molecular complexity index is 613. The van der Waals surface area contributed by atoms with Crippen molar-refractivity contribution in [1.29, 1.82) is 0 Å². The van der Waals surface area contributed by atoms with E-state index in [1.807, 2.05) is 36.1 Å². The molecule has 1 aliphatic rings. The van der Waals surface area contributed by atoms with E-state index in [2.05, 4.69) is 15.5 Å². The van der Waals surface area contributed by atoms with Gasteiger partial charge in [-0.05, 0) is 36.6 Å². The lowest BCUT2D eigenvalue weighted by atomic mass is 10.1. The van der Waals surface area contributed by atoms with Gasteiger partial charge in [0.05, 0.1) is 0 Å². The van der Waals surface area contributed by atoms with Crippen LogP contribution in [0.4, 0.5) is 0 Å². The number of aryl methyl sites for hydroxylation is 1. The first-order valence-corrected chi connectivity index (χ1v) is 7.35. The third kappa shape index (κ3) is 3.09. The predicted octanol–water partition coefficient (Wildman–Crippen LogP) is 1.66. The molecule has 2 aromatic rings. The summed E-state index contributed by atoms with van der Waals surface area (Å²) in [5.74, 6) is 0.732. The molecule has 0 atom stereocenters. The van der Waals surface area contributed by atoms with Gasteiger partial charge in [0.25, 0.3) is 0 Å². The molecule has 6 heteroatoms. The van der Waals surface area contributed by atoms with Crippen LogP contribution in [0.2, 0.25) is 0 Å². The summed E-state index contributed by atoms with van der Waals surface area (Å²) in [6, 6.07) is 7.98.